The number of amides is 1. The second kappa shape index (κ2) is 7.95. The van der Waals surface area contributed by atoms with Crippen molar-refractivity contribution in [1.29, 1.82) is 0 Å². The van der Waals surface area contributed by atoms with Gasteiger partial charge in [-0.05, 0) is 25.5 Å². The van der Waals surface area contributed by atoms with E-state index in [2.05, 4.69) is 5.10 Å². The highest BCUT2D eigenvalue weighted by atomic mass is 16.2. The third kappa shape index (κ3) is 3.67. The number of carbonyl (C=O) groups is 1. The summed E-state index contributed by atoms with van der Waals surface area (Å²) in [4.78, 5) is 27.2. The number of carbonyl (C=O) groups excluding carboxylic acids is 1. The molecular formula is C21H23N3O2. The third-order valence-electron chi connectivity index (χ3n) is 4.55. The summed E-state index contributed by atoms with van der Waals surface area (Å²) < 4.78 is 1.46. The van der Waals surface area contributed by atoms with Gasteiger partial charge in [0.05, 0.1) is 24.0 Å². The summed E-state index contributed by atoms with van der Waals surface area (Å²) in [6.07, 6.45) is 0.192. The smallest absolute Gasteiger partial charge is 0.274 e. The summed E-state index contributed by atoms with van der Waals surface area (Å²) in [6.45, 7) is 5.64. The van der Waals surface area contributed by atoms with Crippen LogP contribution in [0.3, 0.4) is 0 Å². The Morgan fingerprint density at radius 3 is 2.23 bits per heavy atom. The second-order valence-corrected chi connectivity index (χ2v) is 6.18. The number of hydrogen-bond acceptors (Lipinski definition) is 3. The molecule has 0 saturated carbocycles. The zero-order valence-corrected chi connectivity index (χ0v) is 15.2. The fourth-order valence-electron chi connectivity index (χ4n) is 3.13. The highest BCUT2D eigenvalue weighted by Gasteiger charge is 2.16. The highest BCUT2D eigenvalue weighted by Crippen LogP contribution is 2.15. The van der Waals surface area contributed by atoms with Crippen LogP contribution in [0.15, 0.2) is 59.4 Å². The Morgan fingerprint density at radius 1 is 0.962 bits per heavy atom. The van der Waals surface area contributed by atoms with Gasteiger partial charge >= 0.3 is 0 Å². The number of fused-ring (bicyclic) bond motifs is 1. The molecule has 5 nitrogen and oxygen atoms in total. The first-order valence-corrected chi connectivity index (χ1v) is 8.94. The Labute approximate surface area is 152 Å². The number of rotatable bonds is 6. The quantitative estimate of drug-likeness (QED) is 0.688. The molecule has 0 aliphatic heterocycles. The molecule has 0 atom stereocenters. The summed E-state index contributed by atoms with van der Waals surface area (Å²) in [6, 6.07) is 17.1. The lowest BCUT2D eigenvalue weighted by Gasteiger charge is -2.19. The van der Waals surface area contributed by atoms with Crippen LogP contribution in [0.4, 0.5) is 0 Å². The molecule has 2 aromatic carbocycles. The summed E-state index contributed by atoms with van der Waals surface area (Å²) in [5.74, 6) is 0.0255. The molecule has 0 saturated heterocycles. The van der Waals surface area contributed by atoms with Gasteiger partial charge in [-0.15, -0.1) is 0 Å². The summed E-state index contributed by atoms with van der Waals surface area (Å²) in [5, 5.41) is 5.89. The van der Waals surface area contributed by atoms with E-state index in [-0.39, 0.29) is 17.9 Å². The van der Waals surface area contributed by atoms with Crippen LogP contribution < -0.4 is 5.56 Å². The summed E-state index contributed by atoms with van der Waals surface area (Å²) in [5.41, 5.74) is 1.51. The molecule has 0 unspecified atom stereocenters. The van der Waals surface area contributed by atoms with Gasteiger partial charge in [-0.25, -0.2) is 4.68 Å². The lowest BCUT2D eigenvalue weighted by molar-refractivity contribution is -0.130. The SMILES string of the molecule is CCN(CC)C(=O)Cc1nn(Cc2ccccc2)c(=O)c2ccccc12. The van der Waals surface area contributed by atoms with E-state index < -0.39 is 0 Å². The van der Waals surface area contributed by atoms with Crippen LogP contribution in [-0.2, 0) is 17.8 Å². The molecule has 26 heavy (non-hydrogen) atoms. The molecule has 0 fully saturated rings. The van der Waals surface area contributed by atoms with Gasteiger partial charge in [0.2, 0.25) is 5.91 Å². The predicted octanol–water partition coefficient (Wildman–Crippen LogP) is 2.86. The van der Waals surface area contributed by atoms with E-state index in [4.69, 9.17) is 0 Å². The maximum Gasteiger partial charge on any atom is 0.274 e. The first kappa shape index (κ1) is 17.9. The minimum absolute atomic E-state index is 0.0255. The second-order valence-electron chi connectivity index (χ2n) is 6.18. The molecule has 3 rings (SSSR count). The maximum absolute atomic E-state index is 12.8. The number of benzene rings is 2. The molecule has 1 aromatic heterocycles. The van der Waals surface area contributed by atoms with Gasteiger partial charge in [0, 0.05) is 18.5 Å². The van der Waals surface area contributed by atoms with E-state index in [1.807, 2.05) is 62.4 Å². The molecule has 1 amide bonds. The zero-order chi connectivity index (χ0) is 18.5. The van der Waals surface area contributed by atoms with E-state index in [1.54, 1.807) is 11.0 Å². The van der Waals surface area contributed by atoms with Crippen LogP contribution in [0.5, 0.6) is 0 Å². The van der Waals surface area contributed by atoms with E-state index >= 15 is 0 Å². The molecule has 0 N–H and O–H groups in total. The highest BCUT2D eigenvalue weighted by molar-refractivity contribution is 5.88. The minimum atomic E-state index is -0.136. The van der Waals surface area contributed by atoms with Gasteiger partial charge in [-0.1, -0.05) is 48.5 Å². The van der Waals surface area contributed by atoms with Crippen LogP contribution >= 0.6 is 0 Å². The Kier molecular flexibility index (Phi) is 5.46. The summed E-state index contributed by atoms with van der Waals surface area (Å²) in [7, 11) is 0. The van der Waals surface area contributed by atoms with Gasteiger partial charge in [0.1, 0.15) is 0 Å². The van der Waals surface area contributed by atoms with E-state index in [0.717, 1.165) is 10.9 Å². The standard InChI is InChI=1S/C21H23N3O2/c1-3-23(4-2)20(25)14-19-17-12-8-9-13-18(17)21(26)24(22-19)15-16-10-6-5-7-11-16/h5-13H,3-4,14-15H2,1-2H3. The maximum atomic E-state index is 12.8. The molecule has 0 radical (unpaired) electrons. The lowest BCUT2D eigenvalue weighted by atomic mass is 10.1. The zero-order valence-electron chi connectivity index (χ0n) is 15.2. The molecule has 1 heterocycles. The monoisotopic (exact) mass is 349 g/mol. The van der Waals surface area contributed by atoms with Gasteiger partial charge in [0.25, 0.3) is 5.56 Å². The normalized spacial score (nSPS) is 10.8. The topological polar surface area (TPSA) is 55.2 Å². The third-order valence-corrected chi connectivity index (χ3v) is 4.55. The Bertz CT molecular complexity index is 960. The molecule has 0 aliphatic carbocycles. The van der Waals surface area contributed by atoms with E-state index in [9.17, 15) is 9.59 Å². The van der Waals surface area contributed by atoms with Gasteiger partial charge < -0.3 is 4.90 Å². The first-order valence-electron chi connectivity index (χ1n) is 8.94. The van der Waals surface area contributed by atoms with Crippen molar-refractivity contribution in [2.45, 2.75) is 26.8 Å². The molecule has 3 aromatic rings. The summed E-state index contributed by atoms with van der Waals surface area (Å²) >= 11 is 0. The molecule has 0 spiro atoms. The molecular weight excluding hydrogens is 326 g/mol. The van der Waals surface area contributed by atoms with Crippen LogP contribution in [0.25, 0.3) is 10.8 Å². The molecule has 5 heteroatoms. The average Bonchev–Trinajstić information content (AvgIpc) is 2.67. The fraction of sp³-hybridized carbons (Fsp3) is 0.286. The number of hydrogen-bond donors (Lipinski definition) is 0. The van der Waals surface area contributed by atoms with E-state index in [1.165, 1.54) is 4.68 Å². The van der Waals surface area contributed by atoms with Crippen LogP contribution in [0.2, 0.25) is 0 Å². The van der Waals surface area contributed by atoms with E-state index in [0.29, 0.717) is 30.7 Å². The van der Waals surface area contributed by atoms with Crippen molar-refractivity contribution in [3.8, 4) is 0 Å². The Morgan fingerprint density at radius 2 is 1.58 bits per heavy atom. The number of likely N-dealkylation sites (N-methyl/N-ethyl adjacent to an activating group) is 1. The van der Waals surface area contributed by atoms with Crippen molar-refractivity contribution < 1.29 is 4.79 Å². The first-order chi connectivity index (χ1) is 12.6. The predicted molar refractivity (Wildman–Crippen MR) is 103 cm³/mol. The van der Waals surface area contributed by atoms with Crippen LogP contribution in [0, 0.1) is 0 Å². The largest absolute Gasteiger partial charge is 0.343 e. The van der Waals surface area contributed by atoms with Crippen LogP contribution in [-0.4, -0.2) is 33.7 Å². The average molecular weight is 349 g/mol. The number of nitrogens with zero attached hydrogens (tertiary/aromatic N) is 3. The van der Waals surface area contributed by atoms with Crippen molar-refractivity contribution in [2.75, 3.05) is 13.1 Å². The van der Waals surface area contributed by atoms with Crippen LogP contribution in [0.1, 0.15) is 25.1 Å². The minimum Gasteiger partial charge on any atom is -0.343 e. The van der Waals surface area contributed by atoms with Crippen molar-refractivity contribution in [3.05, 3.63) is 76.2 Å². The lowest BCUT2D eigenvalue weighted by Crippen LogP contribution is -2.33. The molecule has 0 aliphatic rings. The number of aromatic nitrogens is 2. The molecule has 0 bridgehead atoms. The van der Waals surface area contributed by atoms with Crippen molar-refractivity contribution in [2.24, 2.45) is 0 Å². The Balaban J connectivity index is 2.05. The van der Waals surface area contributed by atoms with Crippen molar-refractivity contribution in [1.82, 2.24) is 14.7 Å². The van der Waals surface area contributed by atoms with Gasteiger partial charge in [-0.2, -0.15) is 5.10 Å². The van der Waals surface area contributed by atoms with Crippen molar-refractivity contribution in [3.63, 3.8) is 0 Å². The Hall–Kier alpha value is -2.95. The van der Waals surface area contributed by atoms with Gasteiger partial charge in [0.15, 0.2) is 0 Å². The van der Waals surface area contributed by atoms with Gasteiger partial charge in [-0.3, -0.25) is 9.59 Å². The molecule has 134 valence electrons. The fourth-order valence-corrected chi connectivity index (χ4v) is 3.13. The van der Waals surface area contributed by atoms with Crippen molar-refractivity contribution >= 4 is 16.7 Å².